The number of thiophene rings is 1. The maximum atomic E-state index is 12.8. The number of hydrogen-bond donors (Lipinski definition) is 1. The lowest BCUT2D eigenvalue weighted by molar-refractivity contribution is -0.115. The summed E-state index contributed by atoms with van der Waals surface area (Å²) in [6.45, 7) is 0. The van der Waals surface area contributed by atoms with Crippen molar-refractivity contribution in [3.05, 3.63) is 53.2 Å². The first-order valence-electron chi connectivity index (χ1n) is 5.44. The molecule has 0 saturated heterocycles. The van der Waals surface area contributed by atoms with Crippen LogP contribution in [0.1, 0.15) is 4.88 Å². The molecular weight excluding hydrogens is 249 g/mol. The predicted molar refractivity (Wildman–Crippen MR) is 72.8 cm³/mol. The molecule has 0 aliphatic carbocycles. The minimum Gasteiger partial charge on any atom is -0.356 e. The number of amides is 1. The molecule has 2 aromatic rings. The Morgan fingerprint density at radius 3 is 2.61 bits per heavy atom. The summed E-state index contributed by atoms with van der Waals surface area (Å²) in [6.07, 6.45) is 3.25. The molecular formula is C14H12FNOS. The van der Waals surface area contributed by atoms with Gasteiger partial charge in [0.2, 0.25) is 5.91 Å². The van der Waals surface area contributed by atoms with Crippen LogP contribution in [0.3, 0.4) is 0 Å². The van der Waals surface area contributed by atoms with Crippen molar-refractivity contribution < 1.29 is 9.18 Å². The number of carbonyl (C=O) groups is 1. The summed E-state index contributed by atoms with van der Waals surface area (Å²) in [7, 11) is 1.59. The van der Waals surface area contributed by atoms with E-state index in [4.69, 9.17) is 0 Å². The summed E-state index contributed by atoms with van der Waals surface area (Å²) in [5, 5.41) is 2.52. The summed E-state index contributed by atoms with van der Waals surface area (Å²) in [4.78, 5) is 13.1. The topological polar surface area (TPSA) is 29.1 Å². The van der Waals surface area contributed by atoms with Gasteiger partial charge in [-0.15, -0.1) is 11.3 Å². The molecule has 0 spiro atoms. The monoisotopic (exact) mass is 261 g/mol. The lowest BCUT2D eigenvalue weighted by Crippen LogP contribution is -2.13. The fourth-order valence-corrected chi connectivity index (χ4v) is 2.37. The first-order valence-corrected chi connectivity index (χ1v) is 6.26. The zero-order chi connectivity index (χ0) is 13.0. The van der Waals surface area contributed by atoms with Crippen molar-refractivity contribution in [1.82, 2.24) is 5.32 Å². The summed E-state index contributed by atoms with van der Waals surface area (Å²) in [5.74, 6) is -0.373. The molecule has 92 valence electrons. The van der Waals surface area contributed by atoms with Crippen LogP contribution in [0.4, 0.5) is 4.39 Å². The van der Waals surface area contributed by atoms with Gasteiger partial charge >= 0.3 is 0 Å². The maximum absolute atomic E-state index is 12.8. The van der Waals surface area contributed by atoms with Crippen LogP contribution in [0.25, 0.3) is 16.5 Å². The number of carbonyl (C=O) groups excluding carboxylic acids is 1. The molecule has 2 rings (SSSR count). The fourth-order valence-electron chi connectivity index (χ4n) is 1.45. The van der Waals surface area contributed by atoms with Gasteiger partial charge in [0, 0.05) is 22.9 Å². The average Bonchev–Trinajstić information content (AvgIpc) is 2.85. The summed E-state index contributed by atoms with van der Waals surface area (Å²) >= 11 is 1.56. The van der Waals surface area contributed by atoms with Crippen LogP contribution in [0, 0.1) is 5.82 Å². The van der Waals surface area contributed by atoms with Gasteiger partial charge in [0.05, 0.1) is 0 Å². The zero-order valence-corrected chi connectivity index (χ0v) is 10.6. The summed E-state index contributed by atoms with van der Waals surface area (Å²) < 4.78 is 12.8. The lowest BCUT2D eigenvalue weighted by Gasteiger charge is -1.95. The van der Waals surface area contributed by atoms with Gasteiger partial charge in [0.1, 0.15) is 5.82 Å². The van der Waals surface area contributed by atoms with E-state index in [0.717, 1.165) is 15.3 Å². The van der Waals surface area contributed by atoms with E-state index in [1.807, 2.05) is 12.1 Å². The van der Waals surface area contributed by atoms with E-state index in [1.54, 1.807) is 36.6 Å². The SMILES string of the molecule is CNC(=O)/C=C/c1ccc(-c2ccc(F)cc2)s1. The van der Waals surface area contributed by atoms with Crippen LogP contribution in [-0.4, -0.2) is 13.0 Å². The highest BCUT2D eigenvalue weighted by molar-refractivity contribution is 7.16. The highest BCUT2D eigenvalue weighted by atomic mass is 32.1. The van der Waals surface area contributed by atoms with E-state index in [1.165, 1.54) is 18.2 Å². The Hall–Kier alpha value is -1.94. The van der Waals surface area contributed by atoms with Crippen molar-refractivity contribution in [2.24, 2.45) is 0 Å². The van der Waals surface area contributed by atoms with E-state index < -0.39 is 0 Å². The van der Waals surface area contributed by atoms with Crippen LogP contribution < -0.4 is 5.32 Å². The molecule has 0 fully saturated rings. The van der Waals surface area contributed by atoms with Gasteiger partial charge in [0.15, 0.2) is 0 Å². The quantitative estimate of drug-likeness (QED) is 0.844. The molecule has 0 bridgehead atoms. The molecule has 0 atom stereocenters. The van der Waals surface area contributed by atoms with Crippen molar-refractivity contribution in [2.45, 2.75) is 0 Å². The third-order valence-corrected chi connectivity index (χ3v) is 3.50. The molecule has 0 unspecified atom stereocenters. The van der Waals surface area contributed by atoms with E-state index in [-0.39, 0.29) is 11.7 Å². The first-order chi connectivity index (χ1) is 8.69. The number of nitrogens with one attached hydrogen (secondary N) is 1. The highest BCUT2D eigenvalue weighted by Gasteiger charge is 2.01. The first kappa shape index (κ1) is 12.5. The predicted octanol–water partition coefficient (Wildman–Crippen LogP) is 3.31. The molecule has 0 radical (unpaired) electrons. The molecule has 1 aromatic carbocycles. The van der Waals surface area contributed by atoms with Crippen LogP contribution in [0.5, 0.6) is 0 Å². The standard InChI is InChI=1S/C14H12FNOS/c1-16-14(17)9-7-12-6-8-13(18-12)10-2-4-11(15)5-3-10/h2-9H,1H3,(H,16,17)/b9-7+. The molecule has 1 heterocycles. The second-order valence-corrected chi connectivity index (χ2v) is 4.77. The van der Waals surface area contributed by atoms with Gasteiger partial charge in [-0.25, -0.2) is 4.39 Å². The Labute approximate surface area is 109 Å². The van der Waals surface area contributed by atoms with E-state index >= 15 is 0 Å². The number of hydrogen-bond acceptors (Lipinski definition) is 2. The molecule has 2 nitrogen and oxygen atoms in total. The van der Waals surface area contributed by atoms with Crippen LogP contribution >= 0.6 is 11.3 Å². The van der Waals surface area contributed by atoms with Crippen molar-refractivity contribution in [3.63, 3.8) is 0 Å². The summed E-state index contributed by atoms with van der Waals surface area (Å²) in [6, 6.07) is 10.3. The van der Waals surface area contributed by atoms with Crippen LogP contribution in [-0.2, 0) is 4.79 Å². The van der Waals surface area contributed by atoms with Crippen LogP contribution in [0.15, 0.2) is 42.5 Å². The van der Waals surface area contributed by atoms with Gasteiger partial charge in [-0.2, -0.15) is 0 Å². The Morgan fingerprint density at radius 1 is 1.22 bits per heavy atom. The van der Waals surface area contributed by atoms with Gasteiger partial charge in [0.25, 0.3) is 0 Å². The molecule has 4 heteroatoms. The minimum atomic E-state index is -0.241. The normalized spacial score (nSPS) is 10.8. The molecule has 0 aliphatic heterocycles. The highest BCUT2D eigenvalue weighted by Crippen LogP contribution is 2.28. The van der Waals surface area contributed by atoms with E-state index in [0.29, 0.717) is 0 Å². The lowest BCUT2D eigenvalue weighted by atomic mass is 10.2. The second kappa shape index (κ2) is 5.60. The zero-order valence-electron chi connectivity index (χ0n) is 9.81. The number of benzene rings is 1. The molecule has 1 aromatic heterocycles. The molecule has 1 amide bonds. The Bertz CT molecular complexity index is 572. The van der Waals surface area contributed by atoms with E-state index in [2.05, 4.69) is 5.32 Å². The average molecular weight is 261 g/mol. The van der Waals surface area contributed by atoms with Crippen LogP contribution in [0.2, 0.25) is 0 Å². The third-order valence-electron chi connectivity index (χ3n) is 2.40. The molecule has 0 saturated carbocycles. The minimum absolute atomic E-state index is 0.133. The molecule has 0 aliphatic rings. The van der Waals surface area contributed by atoms with Gasteiger partial charge in [-0.1, -0.05) is 12.1 Å². The Kier molecular flexibility index (Phi) is 3.89. The molecule has 1 N–H and O–H groups in total. The number of halogens is 1. The van der Waals surface area contributed by atoms with Gasteiger partial charge in [-0.05, 0) is 35.9 Å². The number of rotatable bonds is 3. The van der Waals surface area contributed by atoms with Gasteiger partial charge < -0.3 is 5.32 Å². The van der Waals surface area contributed by atoms with Crippen molar-refractivity contribution in [2.75, 3.05) is 7.05 Å². The third kappa shape index (κ3) is 3.05. The Balaban J connectivity index is 2.18. The number of likely N-dealkylation sites (N-methyl/N-ethyl adjacent to an activating group) is 1. The molecule has 18 heavy (non-hydrogen) atoms. The smallest absolute Gasteiger partial charge is 0.243 e. The fraction of sp³-hybridized carbons (Fsp3) is 0.0714. The van der Waals surface area contributed by atoms with Gasteiger partial charge in [-0.3, -0.25) is 4.79 Å². The largest absolute Gasteiger partial charge is 0.356 e. The second-order valence-electron chi connectivity index (χ2n) is 3.66. The van der Waals surface area contributed by atoms with Crippen molar-refractivity contribution in [1.29, 1.82) is 0 Å². The Morgan fingerprint density at radius 2 is 1.94 bits per heavy atom. The summed E-state index contributed by atoms with van der Waals surface area (Å²) in [5.41, 5.74) is 0.973. The van der Waals surface area contributed by atoms with Crippen molar-refractivity contribution >= 4 is 23.3 Å². The van der Waals surface area contributed by atoms with E-state index in [9.17, 15) is 9.18 Å². The van der Waals surface area contributed by atoms with Crippen molar-refractivity contribution in [3.8, 4) is 10.4 Å². The maximum Gasteiger partial charge on any atom is 0.243 e.